The van der Waals surface area contributed by atoms with Crippen molar-refractivity contribution in [1.29, 1.82) is 5.26 Å². The molecule has 108 valence electrons. The Morgan fingerprint density at radius 2 is 1.81 bits per heavy atom. The molecule has 0 saturated heterocycles. The molecule has 0 fully saturated rings. The van der Waals surface area contributed by atoms with Gasteiger partial charge < -0.3 is 10.4 Å². The Bertz CT molecular complexity index is 650. The van der Waals surface area contributed by atoms with Gasteiger partial charge in [0.25, 0.3) is 0 Å². The van der Waals surface area contributed by atoms with Crippen molar-refractivity contribution in [2.45, 2.75) is 12.6 Å². The summed E-state index contributed by atoms with van der Waals surface area (Å²) in [5.41, 5.74) is 1.87. The fourth-order valence-corrected chi connectivity index (χ4v) is 1.89. The van der Waals surface area contributed by atoms with Crippen LogP contribution in [-0.2, 0) is 6.54 Å². The molecule has 0 aliphatic carbocycles. The Morgan fingerprint density at radius 1 is 1.10 bits per heavy atom. The molecule has 0 heterocycles. The van der Waals surface area contributed by atoms with Gasteiger partial charge in [0, 0.05) is 13.1 Å². The first kappa shape index (κ1) is 15.1. The Kier molecular flexibility index (Phi) is 4.99. The molecular formula is C16H14F2N2O. The molecule has 0 aromatic heterocycles. The molecule has 0 amide bonds. The van der Waals surface area contributed by atoms with Gasteiger partial charge in [-0.3, -0.25) is 0 Å². The minimum atomic E-state index is -0.973. The van der Waals surface area contributed by atoms with E-state index in [1.165, 1.54) is 6.07 Å². The SMILES string of the molecule is N#Cc1ccc(CNCC(O)c2ccc(F)c(F)c2)cc1. The second-order valence-corrected chi connectivity index (χ2v) is 4.63. The third kappa shape index (κ3) is 4.09. The summed E-state index contributed by atoms with van der Waals surface area (Å²) in [4.78, 5) is 0. The Morgan fingerprint density at radius 3 is 2.43 bits per heavy atom. The van der Waals surface area contributed by atoms with Crippen molar-refractivity contribution in [2.24, 2.45) is 0 Å². The van der Waals surface area contributed by atoms with Crippen molar-refractivity contribution in [3.05, 3.63) is 70.8 Å². The number of nitrogens with zero attached hydrogens (tertiary/aromatic N) is 1. The monoisotopic (exact) mass is 288 g/mol. The number of nitrogens with one attached hydrogen (secondary N) is 1. The van der Waals surface area contributed by atoms with Gasteiger partial charge in [-0.1, -0.05) is 18.2 Å². The number of halogens is 2. The second-order valence-electron chi connectivity index (χ2n) is 4.63. The number of hydrogen-bond donors (Lipinski definition) is 2. The molecule has 2 aromatic carbocycles. The summed E-state index contributed by atoms with van der Waals surface area (Å²) in [7, 11) is 0. The molecule has 0 spiro atoms. The van der Waals surface area contributed by atoms with Crippen molar-refractivity contribution in [3.8, 4) is 6.07 Å². The standard InChI is InChI=1S/C16H14F2N2O/c17-14-6-5-13(7-15(14)18)16(21)10-20-9-12-3-1-11(8-19)2-4-12/h1-7,16,20-21H,9-10H2. The maximum Gasteiger partial charge on any atom is 0.159 e. The van der Waals surface area contributed by atoms with Crippen LogP contribution in [0.2, 0.25) is 0 Å². The Labute approximate surface area is 121 Å². The van der Waals surface area contributed by atoms with E-state index >= 15 is 0 Å². The zero-order valence-corrected chi connectivity index (χ0v) is 11.2. The van der Waals surface area contributed by atoms with Crippen LogP contribution >= 0.6 is 0 Å². The van der Waals surface area contributed by atoms with Crippen LogP contribution in [0.3, 0.4) is 0 Å². The van der Waals surface area contributed by atoms with Gasteiger partial charge in [-0.25, -0.2) is 8.78 Å². The van der Waals surface area contributed by atoms with Crippen LogP contribution in [0.15, 0.2) is 42.5 Å². The first-order valence-corrected chi connectivity index (χ1v) is 6.43. The highest BCUT2D eigenvalue weighted by Crippen LogP contribution is 2.15. The van der Waals surface area contributed by atoms with Crippen LogP contribution in [0, 0.1) is 23.0 Å². The maximum atomic E-state index is 13.1. The van der Waals surface area contributed by atoms with Gasteiger partial charge in [0.05, 0.1) is 17.7 Å². The molecule has 3 nitrogen and oxygen atoms in total. The first-order valence-electron chi connectivity index (χ1n) is 6.43. The molecule has 5 heteroatoms. The van der Waals surface area contributed by atoms with Crippen molar-refractivity contribution < 1.29 is 13.9 Å². The zero-order valence-electron chi connectivity index (χ0n) is 11.2. The third-order valence-electron chi connectivity index (χ3n) is 3.08. The maximum absolute atomic E-state index is 13.1. The summed E-state index contributed by atoms with van der Waals surface area (Å²) in [5, 5.41) is 21.6. The average molecular weight is 288 g/mol. The van der Waals surface area contributed by atoms with E-state index < -0.39 is 17.7 Å². The van der Waals surface area contributed by atoms with Crippen LogP contribution in [-0.4, -0.2) is 11.7 Å². The normalized spacial score (nSPS) is 11.9. The largest absolute Gasteiger partial charge is 0.387 e. The van der Waals surface area contributed by atoms with E-state index in [0.29, 0.717) is 17.7 Å². The van der Waals surface area contributed by atoms with E-state index in [1.54, 1.807) is 12.1 Å². The highest BCUT2D eigenvalue weighted by molar-refractivity contribution is 5.31. The topological polar surface area (TPSA) is 56.0 Å². The molecule has 2 rings (SSSR count). The predicted molar refractivity (Wildman–Crippen MR) is 74.2 cm³/mol. The molecule has 2 aromatic rings. The quantitative estimate of drug-likeness (QED) is 0.889. The number of rotatable bonds is 5. The molecule has 0 aliphatic heterocycles. The van der Waals surface area contributed by atoms with E-state index in [-0.39, 0.29) is 6.54 Å². The fourth-order valence-electron chi connectivity index (χ4n) is 1.89. The van der Waals surface area contributed by atoms with Gasteiger partial charge in [-0.2, -0.15) is 5.26 Å². The number of aliphatic hydroxyl groups is 1. The van der Waals surface area contributed by atoms with Crippen LogP contribution < -0.4 is 5.32 Å². The van der Waals surface area contributed by atoms with E-state index in [2.05, 4.69) is 5.32 Å². The molecule has 0 radical (unpaired) electrons. The van der Waals surface area contributed by atoms with Crippen LogP contribution in [0.4, 0.5) is 8.78 Å². The van der Waals surface area contributed by atoms with Crippen LogP contribution in [0.5, 0.6) is 0 Å². The van der Waals surface area contributed by atoms with Gasteiger partial charge in [0.1, 0.15) is 0 Å². The summed E-state index contributed by atoms with van der Waals surface area (Å²) in [5.74, 6) is -1.91. The van der Waals surface area contributed by atoms with Gasteiger partial charge in [0.15, 0.2) is 11.6 Å². The predicted octanol–water partition coefficient (Wildman–Crippen LogP) is 2.66. The van der Waals surface area contributed by atoms with E-state index in [4.69, 9.17) is 5.26 Å². The number of benzene rings is 2. The lowest BCUT2D eigenvalue weighted by molar-refractivity contribution is 0.173. The van der Waals surface area contributed by atoms with Crippen molar-refractivity contribution in [3.63, 3.8) is 0 Å². The highest BCUT2D eigenvalue weighted by Gasteiger charge is 2.10. The van der Waals surface area contributed by atoms with Gasteiger partial charge in [0.2, 0.25) is 0 Å². The van der Waals surface area contributed by atoms with Gasteiger partial charge >= 0.3 is 0 Å². The number of aliphatic hydroxyl groups excluding tert-OH is 1. The zero-order chi connectivity index (χ0) is 15.2. The Balaban J connectivity index is 1.87. The lowest BCUT2D eigenvalue weighted by Gasteiger charge is -2.12. The molecule has 0 bridgehead atoms. The first-order chi connectivity index (χ1) is 10.1. The number of nitriles is 1. The molecule has 1 atom stereocenters. The molecule has 21 heavy (non-hydrogen) atoms. The summed E-state index contributed by atoms with van der Waals surface area (Å²) in [6.07, 6.45) is -0.918. The van der Waals surface area contributed by atoms with Gasteiger partial charge in [-0.15, -0.1) is 0 Å². The van der Waals surface area contributed by atoms with Crippen molar-refractivity contribution in [1.82, 2.24) is 5.32 Å². The van der Waals surface area contributed by atoms with Crippen molar-refractivity contribution >= 4 is 0 Å². The van der Waals surface area contributed by atoms with Gasteiger partial charge in [-0.05, 0) is 35.4 Å². The summed E-state index contributed by atoms with van der Waals surface area (Å²) < 4.78 is 25.9. The summed E-state index contributed by atoms with van der Waals surface area (Å²) in [6.45, 7) is 0.720. The molecule has 0 saturated carbocycles. The lowest BCUT2D eigenvalue weighted by Crippen LogP contribution is -2.21. The minimum Gasteiger partial charge on any atom is -0.387 e. The molecule has 1 unspecified atom stereocenters. The average Bonchev–Trinajstić information content (AvgIpc) is 2.50. The van der Waals surface area contributed by atoms with E-state index in [9.17, 15) is 13.9 Å². The summed E-state index contributed by atoms with van der Waals surface area (Å²) in [6, 6.07) is 12.4. The Hall–Kier alpha value is -2.29. The van der Waals surface area contributed by atoms with Crippen molar-refractivity contribution in [2.75, 3.05) is 6.54 Å². The molecule has 2 N–H and O–H groups in total. The lowest BCUT2D eigenvalue weighted by atomic mass is 10.1. The third-order valence-corrected chi connectivity index (χ3v) is 3.08. The number of hydrogen-bond acceptors (Lipinski definition) is 3. The fraction of sp³-hybridized carbons (Fsp3) is 0.188. The minimum absolute atomic E-state index is 0.213. The molecular weight excluding hydrogens is 274 g/mol. The molecule has 0 aliphatic rings. The van der Waals surface area contributed by atoms with Crippen LogP contribution in [0.25, 0.3) is 0 Å². The summed E-state index contributed by atoms with van der Waals surface area (Å²) >= 11 is 0. The smallest absolute Gasteiger partial charge is 0.159 e. The highest BCUT2D eigenvalue weighted by atomic mass is 19.2. The second kappa shape index (κ2) is 6.93. The van der Waals surface area contributed by atoms with E-state index in [0.717, 1.165) is 17.7 Å². The van der Waals surface area contributed by atoms with E-state index in [1.807, 2.05) is 18.2 Å². The van der Waals surface area contributed by atoms with Crippen LogP contribution in [0.1, 0.15) is 22.8 Å².